The van der Waals surface area contributed by atoms with E-state index in [1.54, 1.807) is 0 Å². The molecule has 0 amide bonds. The first-order valence-electron chi connectivity index (χ1n) is 8.15. The van der Waals surface area contributed by atoms with Crippen LogP contribution in [0.4, 0.5) is 0 Å². The summed E-state index contributed by atoms with van der Waals surface area (Å²) in [4.78, 5) is 0. The van der Waals surface area contributed by atoms with Gasteiger partial charge in [0, 0.05) is 17.0 Å². The third-order valence-corrected chi connectivity index (χ3v) is 5.23. The molecule has 1 saturated carbocycles. The summed E-state index contributed by atoms with van der Waals surface area (Å²) in [7, 11) is 0. The SMILES string of the molecule is c1ccc(-c2nn(-c3ccccc3)c3c2C2CCC3C2)cc1. The van der Waals surface area contributed by atoms with Crippen molar-refractivity contribution < 1.29 is 0 Å². The van der Waals surface area contributed by atoms with Gasteiger partial charge in [0.05, 0.1) is 17.1 Å². The molecule has 0 radical (unpaired) electrons. The van der Waals surface area contributed by atoms with Gasteiger partial charge in [-0.15, -0.1) is 0 Å². The van der Waals surface area contributed by atoms with E-state index in [1.165, 1.54) is 47.5 Å². The summed E-state index contributed by atoms with van der Waals surface area (Å²) in [6, 6.07) is 21.2. The zero-order valence-electron chi connectivity index (χ0n) is 12.4. The Morgan fingerprint density at radius 1 is 0.818 bits per heavy atom. The van der Waals surface area contributed by atoms with E-state index in [-0.39, 0.29) is 0 Å². The minimum Gasteiger partial charge on any atom is -0.237 e. The molecule has 5 rings (SSSR count). The number of rotatable bonds is 2. The van der Waals surface area contributed by atoms with Crippen molar-refractivity contribution in [2.45, 2.75) is 31.1 Å². The zero-order valence-corrected chi connectivity index (χ0v) is 12.4. The molecule has 2 aliphatic rings. The lowest BCUT2D eigenvalue weighted by molar-refractivity contribution is 0.665. The maximum Gasteiger partial charge on any atom is 0.0965 e. The van der Waals surface area contributed by atoms with E-state index in [0.29, 0.717) is 11.8 Å². The second kappa shape index (κ2) is 4.57. The summed E-state index contributed by atoms with van der Waals surface area (Å²) >= 11 is 0. The summed E-state index contributed by atoms with van der Waals surface area (Å²) in [5, 5.41) is 5.03. The Morgan fingerprint density at radius 3 is 2.27 bits per heavy atom. The second-order valence-corrected chi connectivity index (χ2v) is 6.47. The molecule has 3 aromatic rings. The highest BCUT2D eigenvalue weighted by Crippen LogP contribution is 2.56. The van der Waals surface area contributed by atoms with E-state index in [0.717, 1.165) is 0 Å². The first-order chi connectivity index (χ1) is 10.9. The van der Waals surface area contributed by atoms with E-state index >= 15 is 0 Å². The number of hydrogen-bond acceptors (Lipinski definition) is 1. The van der Waals surface area contributed by atoms with Crippen LogP contribution in [0, 0.1) is 0 Å². The molecular formula is C20H18N2. The molecule has 0 N–H and O–H groups in total. The molecule has 1 heterocycles. The average molecular weight is 286 g/mol. The Labute approximate surface area is 130 Å². The molecule has 0 aliphatic heterocycles. The van der Waals surface area contributed by atoms with Crippen LogP contribution >= 0.6 is 0 Å². The molecule has 1 fully saturated rings. The van der Waals surface area contributed by atoms with Crippen LogP contribution in [0.5, 0.6) is 0 Å². The largest absolute Gasteiger partial charge is 0.237 e. The van der Waals surface area contributed by atoms with Gasteiger partial charge in [-0.25, -0.2) is 4.68 Å². The lowest BCUT2D eigenvalue weighted by atomic mass is 9.93. The van der Waals surface area contributed by atoms with Crippen molar-refractivity contribution in [1.82, 2.24) is 9.78 Å². The van der Waals surface area contributed by atoms with Gasteiger partial charge in [-0.3, -0.25) is 0 Å². The van der Waals surface area contributed by atoms with Crippen molar-refractivity contribution in [2.75, 3.05) is 0 Å². The maximum absolute atomic E-state index is 5.03. The average Bonchev–Trinajstić information content (AvgIpc) is 3.29. The van der Waals surface area contributed by atoms with Crippen LogP contribution in [0.25, 0.3) is 16.9 Å². The zero-order chi connectivity index (χ0) is 14.5. The third-order valence-electron chi connectivity index (χ3n) is 5.23. The summed E-state index contributed by atoms with van der Waals surface area (Å²) in [5.74, 6) is 1.41. The monoisotopic (exact) mass is 286 g/mol. The van der Waals surface area contributed by atoms with Crippen molar-refractivity contribution in [1.29, 1.82) is 0 Å². The molecule has 2 aliphatic carbocycles. The Balaban J connectivity index is 1.77. The van der Waals surface area contributed by atoms with Crippen LogP contribution in [0.1, 0.15) is 42.4 Å². The number of benzene rings is 2. The molecular weight excluding hydrogens is 268 g/mol. The molecule has 22 heavy (non-hydrogen) atoms. The van der Waals surface area contributed by atoms with Crippen molar-refractivity contribution in [2.24, 2.45) is 0 Å². The normalized spacial score (nSPS) is 22.0. The molecule has 2 atom stereocenters. The van der Waals surface area contributed by atoms with Crippen LogP contribution in [-0.2, 0) is 0 Å². The van der Waals surface area contributed by atoms with Gasteiger partial charge in [0.25, 0.3) is 0 Å². The Kier molecular flexibility index (Phi) is 2.54. The van der Waals surface area contributed by atoms with Crippen LogP contribution in [0.3, 0.4) is 0 Å². The van der Waals surface area contributed by atoms with Crippen LogP contribution in [0.2, 0.25) is 0 Å². The van der Waals surface area contributed by atoms with E-state index in [9.17, 15) is 0 Å². The molecule has 2 aromatic carbocycles. The van der Waals surface area contributed by atoms with Crippen molar-refractivity contribution in [3.63, 3.8) is 0 Å². The van der Waals surface area contributed by atoms with Gasteiger partial charge < -0.3 is 0 Å². The Morgan fingerprint density at radius 2 is 1.50 bits per heavy atom. The van der Waals surface area contributed by atoms with Crippen LogP contribution < -0.4 is 0 Å². The minimum atomic E-state index is 0.699. The van der Waals surface area contributed by atoms with E-state index < -0.39 is 0 Å². The summed E-state index contributed by atoms with van der Waals surface area (Å²) in [6.07, 6.45) is 3.97. The first kappa shape index (κ1) is 12.2. The Bertz CT molecular complexity index is 750. The lowest BCUT2D eigenvalue weighted by Gasteiger charge is -2.14. The fourth-order valence-corrected chi connectivity index (χ4v) is 4.31. The predicted molar refractivity (Wildman–Crippen MR) is 88.3 cm³/mol. The molecule has 0 spiro atoms. The van der Waals surface area contributed by atoms with Crippen molar-refractivity contribution in [3.8, 4) is 16.9 Å². The molecule has 2 nitrogen and oxygen atoms in total. The van der Waals surface area contributed by atoms with Gasteiger partial charge in [0.1, 0.15) is 0 Å². The quantitative estimate of drug-likeness (QED) is 0.655. The fraction of sp³-hybridized carbons (Fsp3) is 0.250. The molecule has 2 unspecified atom stereocenters. The summed E-state index contributed by atoms with van der Waals surface area (Å²) in [5.41, 5.74) is 6.63. The van der Waals surface area contributed by atoms with Crippen molar-refractivity contribution >= 4 is 0 Å². The highest BCUT2D eigenvalue weighted by atomic mass is 15.3. The van der Waals surface area contributed by atoms with Gasteiger partial charge in [-0.1, -0.05) is 48.5 Å². The van der Waals surface area contributed by atoms with E-state index in [2.05, 4.69) is 65.3 Å². The second-order valence-electron chi connectivity index (χ2n) is 6.47. The van der Waals surface area contributed by atoms with E-state index in [1.807, 2.05) is 0 Å². The predicted octanol–water partition coefficient (Wildman–Crippen LogP) is 4.90. The van der Waals surface area contributed by atoms with Gasteiger partial charge in [0.15, 0.2) is 0 Å². The number of hydrogen-bond donors (Lipinski definition) is 0. The van der Waals surface area contributed by atoms with Gasteiger partial charge in [0.2, 0.25) is 0 Å². The summed E-state index contributed by atoms with van der Waals surface area (Å²) < 4.78 is 2.21. The first-order valence-corrected chi connectivity index (χ1v) is 8.15. The van der Waals surface area contributed by atoms with Crippen LogP contribution in [-0.4, -0.2) is 9.78 Å². The highest BCUT2D eigenvalue weighted by molar-refractivity contribution is 5.68. The Hall–Kier alpha value is -2.35. The smallest absolute Gasteiger partial charge is 0.0965 e. The number of para-hydroxylation sites is 1. The molecule has 2 heteroatoms. The standard InChI is InChI=1S/C20H18N2/c1-3-7-14(8-4-1)19-18-15-11-12-16(13-15)20(18)22(21-19)17-9-5-2-6-10-17/h1-10,15-16H,11-13H2. The van der Waals surface area contributed by atoms with Crippen LogP contribution in [0.15, 0.2) is 60.7 Å². The number of fused-ring (bicyclic) bond motifs is 5. The summed E-state index contributed by atoms with van der Waals surface area (Å²) in [6.45, 7) is 0. The topological polar surface area (TPSA) is 17.8 Å². The molecule has 0 saturated heterocycles. The van der Waals surface area contributed by atoms with E-state index in [4.69, 9.17) is 5.10 Å². The van der Waals surface area contributed by atoms with Gasteiger partial charge in [-0.05, 0) is 37.3 Å². The third kappa shape index (κ3) is 1.64. The lowest BCUT2D eigenvalue weighted by Crippen LogP contribution is -2.05. The van der Waals surface area contributed by atoms with Gasteiger partial charge >= 0.3 is 0 Å². The molecule has 2 bridgehead atoms. The number of aromatic nitrogens is 2. The molecule has 1 aromatic heterocycles. The number of nitrogens with zero attached hydrogens (tertiary/aromatic N) is 2. The minimum absolute atomic E-state index is 0.699. The molecule has 108 valence electrons. The van der Waals surface area contributed by atoms with Gasteiger partial charge in [-0.2, -0.15) is 5.10 Å². The van der Waals surface area contributed by atoms with Crippen molar-refractivity contribution in [3.05, 3.63) is 71.9 Å². The maximum atomic E-state index is 5.03. The highest BCUT2D eigenvalue weighted by Gasteiger charge is 2.42. The fourth-order valence-electron chi connectivity index (χ4n) is 4.31.